The van der Waals surface area contributed by atoms with Gasteiger partial charge in [-0.3, -0.25) is 4.79 Å². The number of halogens is 2. The summed E-state index contributed by atoms with van der Waals surface area (Å²) in [5.41, 5.74) is 0.930. The number of carbonyl (C=O) groups is 1. The van der Waals surface area contributed by atoms with Crippen LogP contribution in [-0.4, -0.2) is 13.0 Å². The summed E-state index contributed by atoms with van der Waals surface area (Å²) >= 11 is 3.15. The van der Waals surface area contributed by atoms with E-state index in [0.29, 0.717) is 16.0 Å². The molecule has 0 aliphatic carbocycles. The van der Waals surface area contributed by atoms with Crippen molar-refractivity contribution < 1.29 is 18.3 Å². The first-order chi connectivity index (χ1) is 9.01. The van der Waals surface area contributed by atoms with E-state index in [4.69, 9.17) is 9.15 Å². The van der Waals surface area contributed by atoms with Crippen molar-refractivity contribution in [3.05, 3.63) is 46.1 Å². The van der Waals surface area contributed by atoms with Crippen LogP contribution >= 0.6 is 15.9 Å². The maximum Gasteiger partial charge on any atom is 0.291 e. The summed E-state index contributed by atoms with van der Waals surface area (Å²) < 4.78 is 23.9. The Kier molecular flexibility index (Phi) is 3.90. The summed E-state index contributed by atoms with van der Waals surface area (Å²) in [7, 11) is 1.44. The first kappa shape index (κ1) is 13.6. The number of nitrogens with one attached hydrogen (secondary N) is 1. The minimum atomic E-state index is -0.466. The van der Waals surface area contributed by atoms with Crippen molar-refractivity contribution in [2.45, 2.75) is 6.92 Å². The van der Waals surface area contributed by atoms with Crippen LogP contribution in [0.2, 0.25) is 0 Å². The average molecular weight is 328 g/mol. The summed E-state index contributed by atoms with van der Waals surface area (Å²) in [4.78, 5) is 12.0. The molecule has 0 saturated heterocycles. The molecule has 2 aromatic rings. The largest absolute Gasteiger partial charge is 0.495 e. The molecule has 100 valence electrons. The van der Waals surface area contributed by atoms with Gasteiger partial charge in [-0.1, -0.05) is 0 Å². The Morgan fingerprint density at radius 1 is 1.42 bits per heavy atom. The summed E-state index contributed by atoms with van der Waals surface area (Å²) in [5.74, 6) is -0.392. The highest BCUT2D eigenvalue weighted by Crippen LogP contribution is 2.27. The molecule has 0 fully saturated rings. The molecule has 0 saturated carbocycles. The van der Waals surface area contributed by atoms with Gasteiger partial charge in [-0.25, -0.2) is 4.39 Å². The number of methoxy groups -OCH3 is 1. The lowest BCUT2D eigenvalue weighted by Crippen LogP contribution is -2.13. The summed E-state index contributed by atoms with van der Waals surface area (Å²) in [6.07, 6.45) is 0. The van der Waals surface area contributed by atoms with Gasteiger partial charge in [-0.2, -0.15) is 0 Å². The predicted octanol–water partition coefficient (Wildman–Crippen LogP) is 3.75. The van der Waals surface area contributed by atoms with Crippen LogP contribution in [0.3, 0.4) is 0 Å². The molecular formula is C13H11BrFNO3. The molecule has 1 amide bonds. The highest BCUT2D eigenvalue weighted by molar-refractivity contribution is 9.10. The van der Waals surface area contributed by atoms with Gasteiger partial charge >= 0.3 is 0 Å². The Balaban J connectivity index is 2.28. The zero-order chi connectivity index (χ0) is 14.0. The second kappa shape index (κ2) is 5.44. The highest BCUT2D eigenvalue weighted by atomic mass is 79.9. The quantitative estimate of drug-likeness (QED) is 0.934. The van der Waals surface area contributed by atoms with E-state index in [-0.39, 0.29) is 11.4 Å². The van der Waals surface area contributed by atoms with Gasteiger partial charge in [-0.05, 0) is 41.1 Å². The Morgan fingerprint density at radius 2 is 2.16 bits per heavy atom. The van der Waals surface area contributed by atoms with Crippen LogP contribution in [0.15, 0.2) is 33.4 Å². The number of benzene rings is 1. The molecule has 0 bridgehead atoms. The average Bonchev–Trinajstić information content (AvgIpc) is 2.69. The molecular weight excluding hydrogens is 317 g/mol. The molecule has 0 unspecified atom stereocenters. The molecule has 0 spiro atoms. The van der Waals surface area contributed by atoms with E-state index < -0.39 is 11.7 Å². The highest BCUT2D eigenvalue weighted by Gasteiger charge is 2.17. The smallest absolute Gasteiger partial charge is 0.291 e. The Hall–Kier alpha value is -1.82. The van der Waals surface area contributed by atoms with E-state index >= 15 is 0 Å². The molecule has 0 aliphatic heterocycles. The van der Waals surface area contributed by atoms with Crippen molar-refractivity contribution in [2.75, 3.05) is 12.4 Å². The van der Waals surface area contributed by atoms with Crippen LogP contribution in [0, 0.1) is 12.7 Å². The number of carbonyl (C=O) groups excluding carboxylic acids is 1. The topological polar surface area (TPSA) is 51.5 Å². The standard InChI is InChI=1S/C13H11BrFNO3/c1-7-5-11(14)19-12(7)13(17)16-9-6-8(15)3-4-10(9)18-2/h3-6H,1-2H3,(H,16,17). The van der Waals surface area contributed by atoms with Gasteiger partial charge in [-0.15, -0.1) is 0 Å². The zero-order valence-electron chi connectivity index (χ0n) is 10.3. The first-order valence-corrected chi connectivity index (χ1v) is 6.21. The number of hydrogen-bond acceptors (Lipinski definition) is 3. The monoisotopic (exact) mass is 327 g/mol. The number of aryl methyl sites for hydroxylation is 1. The Labute approximate surface area is 117 Å². The van der Waals surface area contributed by atoms with Crippen molar-refractivity contribution >= 4 is 27.5 Å². The number of anilines is 1. The van der Waals surface area contributed by atoms with Gasteiger partial charge in [0.25, 0.3) is 5.91 Å². The normalized spacial score (nSPS) is 10.3. The predicted molar refractivity (Wildman–Crippen MR) is 72.1 cm³/mol. The summed E-state index contributed by atoms with van der Waals surface area (Å²) in [5, 5.41) is 2.55. The SMILES string of the molecule is COc1ccc(F)cc1NC(=O)c1oc(Br)cc1C. The minimum Gasteiger partial charge on any atom is -0.495 e. The van der Waals surface area contributed by atoms with E-state index in [1.807, 2.05) is 0 Å². The molecule has 0 atom stereocenters. The number of ether oxygens (including phenoxy) is 1. The van der Waals surface area contributed by atoms with Gasteiger partial charge < -0.3 is 14.5 Å². The van der Waals surface area contributed by atoms with Gasteiger partial charge in [0, 0.05) is 11.6 Å². The fourth-order valence-electron chi connectivity index (χ4n) is 1.63. The van der Waals surface area contributed by atoms with Crippen LogP contribution < -0.4 is 10.1 Å². The third-order valence-corrected chi connectivity index (χ3v) is 2.89. The van der Waals surface area contributed by atoms with Gasteiger partial charge in [0.15, 0.2) is 10.4 Å². The molecule has 0 radical (unpaired) electrons. The fraction of sp³-hybridized carbons (Fsp3) is 0.154. The molecule has 1 aromatic carbocycles. The second-order valence-electron chi connectivity index (χ2n) is 3.86. The van der Waals surface area contributed by atoms with Crippen LogP contribution in [-0.2, 0) is 0 Å². The van der Waals surface area contributed by atoms with Gasteiger partial charge in [0.2, 0.25) is 0 Å². The Morgan fingerprint density at radius 3 is 2.74 bits per heavy atom. The number of rotatable bonds is 3. The van der Waals surface area contributed by atoms with Crippen LogP contribution in [0.1, 0.15) is 16.1 Å². The van der Waals surface area contributed by atoms with Crippen LogP contribution in [0.25, 0.3) is 0 Å². The lowest BCUT2D eigenvalue weighted by molar-refractivity contribution is 0.0994. The maximum absolute atomic E-state index is 13.2. The van der Waals surface area contributed by atoms with Crippen LogP contribution in [0.5, 0.6) is 5.75 Å². The van der Waals surface area contributed by atoms with Gasteiger partial charge in [0.1, 0.15) is 11.6 Å². The van der Waals surface area contributed by atoms with Crippen LogP contribution in [0.4, 0.5) is 10.1 Å². The van der Waals surface area contributed by atoms with E-state index in [2.05, 4.69) is 21.2 Å². The zero-order valence-corrected chi connectivity index (χ0v) is 11.9. The molecule has 6 heteroatoms. The third kappa shape index (κ3) is 2.96. The van der Waals surface area contributed by atoms with Crippen molar-refractivity contribution in [2.24, 2.45) is 0 Å². The van der Waals surface area contributed by atoms with E-state index in [0.717, 1.165) is 0 Å². The van der Waals surface area contributed by atoms with E-state index in [1.165, 1.54) is 25.3 Å². The Bertz CT molecular complexity index is 624. The molecule has 1 aromatic heterocycles. The van der Waals surface area contributed by atoms with Crippen molar-refractivity contribution in [3.8, 4) is 5.75 Å². The fourth-order valence-corrected chi connectivity index (χ4v) is 2.13. The lowest BCUT2D eigenvalue weighted by atomic mass is 10.2. The van der Waals surface area contributed by atoms with Crippen molar-refractivity contribution in [1.82, 2.24) is 0 Å². The number of amides is 1. The van der Waals surface area contributed by atoms with Gasteiger partial charge in [0.05, 0.1) is 12.8 Å². The molecule has 0 aliphatic rings. The second-order valence-corrected chi connectivity index (χ2v) is 4.64. The molecule has 1 heterocycles. The number of hydrogen-bond donors (Lipinski definition) is 1. The van der Waals surface area contributed by atoms with Crippen molar-refractivity contribution in [1.29, 1.82) is 0 Å². The summed E-state index contributed by atoms with van der Waals surface area (Å²) in [6.45, 7) is 1.74. The molecule has 2 rings (SSSR count). The number of furan rings is 1. The first-order valence-electron chi connectivity index (χ1n) is 5.42. The molecule has 4 nitrogen and oxygen atoms in total. The minimum absolute atomic E-state index is 0.165. The van der Waals surface area contributed by atoms with Crippen molar-refractivity contribution in [3.63, 3.8) is 0 Å². The lowest BCUT2D eigenvalue weighted by Gasteiger charge is -2.09. The third-order valence-electron chi connectivity index (χ3n) is 2.50. The van der Waals surface area contributed by atoms with E-state index in [1.54, 1.807) is 13.0 Å². The van der Waals surface area contributed by atoms with E-state index in [9.17, 15) is 9.18 Å². The summed E-state index contributed by atoms with van der Waals surface area (Å²) in [6, 6.07) is 5.56. The molecule has 19 heavy (non-hydrogen) atoms. The maximum atomic E-state index is 13.2. The molecule has 1 N–H and O–H groups in total.